The SMILES string of the molecule is CC(C)CC(NC(=O)C1CCCN1C(=O)CN)C(=O)NC(Cc1cnc[nH]1)C(=O)O. The third-order valence-corrected chi connectivity index (χ3v) is 4.98. The summed E-state index contributed by atoms with van der Waals surface area (Å²) in [5.74, 6) is -2.46. The summed E-state index contributed by atoms with van der Waals surface area (Å²) >= 11 is 0. The van der Waals surface area contributed by atoms with Gasteiger partial charge in [0.25, 0.3) is 0 Å². The number of aliphatic carboxylic acids is 1. The molecule has 3 amide bonds. The molecule has 0 saturated carbocycles. The van der Waals surface area contributed by atoms with Crippen molar-refractivity contribution in [3.8, 4) is 0 Å². The molecule has 30 heavy (non-hydrogen) atoms. The van der Waals surface area contributed by atoms with E-state index in [9.17, 15) is 24.3 Å². The number of carboxylic acid groups (broad SMARTS) is 1. The van der Waals surface area contributed by atoms with Crippen molar-refractivity contribution in [2.75, 3.05) is 13.1 Å². The highest BCUT2D eigenvalue weighted by Crippen LogP contribution is 2.18. The van der Waals surface area contributed by atoms with Crippen molar-refractivity contribution in [1.82, 2.24) is 25.5 Å². The van der Waals surface area contributed by atoms with Gasteiger partial charge in [-0.1, -0.05) is 13.8 Å². The number of amides is 3. The van der Waals surface area contributed by atoms with Gasteiger partial charge in [-0.05, 0) is 25.2 Å². The normalized spacial score (nSPS) is 18.1. The molecule has 3 unspecified atom stereocenters. The monoisotopic (exact) mass is 422 g/mol. The Bertz CT molecular complexity index is 751. The number of aromatic amines is 1. The standard InChI is InChI=1S/C19H30N6O5/c1-11(2)6-13(23-18(28)15-4-3-5-25(15)16(26)8-20)17(27)24-14(19(29)30)7-12-9-21-10-22-12/h9-11,13-15H,3-8,20H2,1-2H3,(H,21,22)(H,23,28)(H,24,27)(H,29,30). The third-order valence-electron chi connectivity index (χ3n) is 4.98. The molecular formula is C19H30N6O5. The Labute approximate surface area is 174 Å². The second-order valence-electron chi connectivity index (χ2n) is 7.82. The zero-order valence-corrected chi connectivity index (χ0v) is 17.3. The van der Waals surface area contributed by atoms with E-state index in [0.29, 0.717) is 31.5 Å². The van der Waals surface area contributed by atoms with Gasteiger partial charge in [-0.2, -0.15) is 0 Å². The number of carboxylic acids is 1. The van der Waals surface area contributed by atoms with Gasteiger partial charge < -0.3 is 31.4 Å². The summed E-state index contributed by atoms with van der Waals surface area (Å²) in [7, 11) is 0. The van der Waals surface area contributed by atoms with E-state index in [2.05, 4.69) is 20.6 Å². The smallest absolute Gasteiger partial charge is 0.326 e. The molecule has 1 aromatic rings. The lowest BCUT2D eigenvalue weighted by Crippen LogP contribution is -2.56. The number of imidazole rings is 1. The maximum absolute atomic E-state index is 12.8. The topological polar surface area (TPSA) is 171 Å². The lowest BCUT2D eigenvalue weighted by Gasteiger charge is -2.27. The molecule has 6 N–H and O–H groups in total. The highest BCUT2D eigenvalue weighted by Gasteiger charge is 2.36. The quantitative estimate of drug-likeness (QED) is 0.322. The largest absolute Gasteiger partial charge is 0.480 e. The molecule has 0 spiro atoms. The summed E-state index contributed by atoms with van der Waals surface area (Å²) in [6, 6.07) is -2.77. The Hall–Kier alpha value is -2.95. The van der Waals surface area contributed by atoms with Crippen molar-refractivity contribution >= 4 is 23.7 Å². The van der Waals surface area contributed by atoms with Gasteiger partial charge in [0.05, 0.1) is 12.9 Å². The molecule has 1 aliphatic heterocycles. The van der Waals surface area contributed by atoms with Gasteiger partial charge in [0.2, 0.25) is 17.7 Å². The maximum atomic E-state index is 12.8. The molecule has 1 saturated heterocycles. The van der Waals surface area contributed by atoms with Gasteiger partial charge in [0.1, 0.15) is 18.1 Å². The molecule has 11 nitrogen and oxygen atoms in total. The fraction of sp³-hybridized carbons (Fsp3) is 0.632. The molecule has 11 heteroatoms. The van der Waals surface area contributed by atoms with E-state index >= 15 is 0 Å². The first-order chi connectivity index (χ1) is 14.2. The number of aromatic nitrogens is 2. The average molecular weight is 422 g/mol. The number of hydrogen-bond donors (Lipinski definition) is 5. The molecular weight excluding hydrogens is 392 g/mol. The Morgan fingerprint density at radius 1 is 1.30 bits per heavy atom. The van der Waals surface area contributed by atoms with E-state index in [1.807, 2.05) is 13.8 Å². The van der Waals surface area contributed by atoms with Crippen LogP contribution in [0.15, 0.2) is 12.5 Å². The molecule has 1 aromatic heterocycles. The predicted octanol–water partition coefficient (Wildman–Crippen LogP) is -0.998. The van der Waals surface area contributed by atoms with Crippen LogP contribution in [0.4, 0.5) is 0 Å². The zero-order chi connectivity index (χ0) is 22.3. The van der Waals surface area contributed by atoms with Crippen molar-refractivity contribution in [3.05, 3.63) is 18.2 Å². The van der Waals surface area contributed by atoms with Gasteiger partial charge >= 0.3 is 5.97 Å². The van der Waals surface area contributed by atoms with E-state index in [1.165, 1.54) is 17.4 Å². The van der Waals surface area contributed by atoms with Crippen molar-refractivity contribution in [3.63, 3.8) is 0 Å². The van der Waals surface area contributed by atoms with Crippen molar-refractivity contribution < 1.29 is 24.3 Å². The average Bonchev–Trinajstić information content (AvgIpc) is 3.37. The van der Waals surface area contributed by atoms with Gasteiger partial charge in [-0.25, -0.2) is 9.78 Å². The van der Waals surface area contributed by atoms with E-state index in [4.69, 9.17) is 5.73 Å². The van der Waals surface area contributed by atoms with Gasteiger partial charge in [0.15, 0.2) is 0 Å². The van der Waals surface area contributed by atoms with Crippen molar-refractivity contribution in [1.29, 1.82) is 0 Å². The molecule has 1 fully saturated rings. The number of hydrogen-bond acceptors (Lipinski definition) is 6. The fourth-order valence-electron chi connectivity index (χ4n) is 3.51. The van der Waals surface area contributed by atoms with Crippen LogP contribution in [-0.2, 0) is 25.6 Å². The predicted molar refractivity (Wildman–Crippen MR) is 107 cm³/mol. The van der Waals surface area contributed by atoms with Crippen LogP contribution >= 0.6 is 0 Å². The lowest BCUT2D eigenvalue weighted by atomic mass is 10.0. The van der Waals surface area contributed by atoms with Crippen LogP contribution in [0.2, 0.25) is 0 Å². The van der Waals surface area contributed by atoms with E-state index in [-0.39, 0.29) is 24.8 Å². The number of H-pyrrole nitrogens is 1. The number of carbonyl (C=O) groups is 4. The summed E-state index contributed by atoms with van der Waals surface area (Å²) in [5, 5.41) is 14.7. The van der Waals surface area contributed by atoms with Crippen molar-refractivity contribution in [2.24, 2.45) is 11.7 Å². The van der Waals surface area contributed by atoms with Crippen LogP contribution in [0.1, 0.15) is 38.8 Å². The highest BCUT2D eigenvalue weighted by molar-refractivity contribution is 5.93. The summed E-state index contributed by atoms with van der Waals surface area (Å²) in [6.45, 7) is 4.05. The van der Waals surface area contributed by atoms with Gasteiger partial charge in [0, 0.05) is 24.9 Å². The second-order valence-corrected chi connectivity index (χ2v) is 7.82. The Morgan fingerprint density at radius 2 is 2.03 bits per heavy atom. The summed E-state index contributed by atoms with van der Waals surface area (Å²) < 4.78 is 0. The van der Waals surface area contributed by atoms with Crippen LogP contribution in [0.5, 0.6) is 0 Å². The molecule has 166 valence electrons. The fourth-order valence-corrected chi connectivity index (χ4v) is 3.51. The second kappa shape index (κ2) is 10.7. The number of carbonyl (C=O) groups excluding carboxylic acids is 3. The van der Waals surface area contributed by atoms with E-state index in [1.54, 1.807) is 0 Å². The molecule has 2 heterocycles. The molecule has 0 bridgehead atoms. The zero-order valence-electron chi connectivity index (χ0n) is 17.3. The summed E-state index contributed by atoms with van der Waals surface area (Å²) in [6.07, 6.45) is 4.43. The van der Waals surface area contributed by atoms with Gasteiger partial charge in [-0.3, -0.25) is 14.4 Å². The van der Waals surface area contributed by atoms with E-state index in [0.717, 1.165) is 0 Å². The molecule has 0 aliphatic carbocycles. The molecule has 0 radical (unpaired) electrons. The number of nitrogens with two attached hydrogens (primary N) is 1. The first-order valence-electron chi connectivity index (χ1n) is 10.0. The minimum absolute atomic E-state index is 0.0326. The van der Waals surface area contributed by atoms with Crippen molar-refractivity contribution in [2.45, 2.75) is 57.7 Å². The van der Waals surface area contributed by atoms with Gasteiger partial charge in [-0.15, -0.1) is 0 Å². The molecule has 2 rings (SSSR count). The Morgan fingerprint density at radius 3 is 2.60 bits per heavy atom. The van der Waals surface area contributed by atoms with Crippen LogP contribution in [0.25, 0.3) is 0 Å². The minimum Gasteiger partial charge on any atom is -0.480 e. The minimum atomic E-state index is -1.19. The molecule has 1 aliphatic rings. The number of nitrogens with one attached hydrogen (secondary N) is 3. The number of nitrogens with zero attached hydrogens (tertiary/aromatic N) is 2. The lowest BCUT2D eigenvalue weighted by molar-refractivity contribution is -0.143. The first kappa shape index (κ1) is 23.3. The number of likely N-dealkylation sites (tertiary alicyclic amines) is 1. The number of rotatable bonds is 10. The Balaban J connectivity index is 2.07. The first-order valence-corrected chi connectivity index (χ1v) is 10.0. The highest BCUT2D eigenvalue weighted by atomic mass is 16.4. The van der Waals surface area contributed by atoms with Crippen LogP contribution in [0.3, 0.4) is 0 Å². The third kappa shape index (κ3) is 6.28. The van der Waals surface area contributed by atoms with Crippen LogP contribution in [-0.4, -0.2) is 74.9 Å². The molecule has 0 aromatic carbocycles. The summed E-state index contributed by atoms with van der Waals surface area (Å²) in [4.78, 5) is 57.3. The Kier molecular flexibility index (Phi) is 8.34. The molecule has 3 atom stereocenters. The van der Waals surface area contributed by atoms with E-state index < -0.39 is 35.9 Å². The van der Waals surface area contributed by atoms with Crippen LogP contribution in [0, 0.1) is 5.92 Å². The van der Waals surface area contributed by atoms with Crippen LogP contribution < -0.4 is 16.4 Å². The maximum Gasteiger partial charge on any atom is 0.326 e. The summed E-state index contributed by atoms with van der Waals surface area (Å²) in [5.41, 5.74) is 5.98.